The first kappa shape index (κ1) is 19.5. The molecule has 1 aliphatic heterocycles. The van der Waals surface area contributed by atoms with Crippen molar-refractivity contribution in [1.29, 1.82) is 0 Å². The second kappa shape index (κ2) is 9.60. The minimum Gasteiger partial charge on any atom is -0.457 e. The lowest BCUT2D eigenvalue weighted by molar-refractivity contribution is 0.482. The molecule has 0 bridgehead atoms. The monoisotopic (exact) mass is 432 g/mol. The van der Waals surface area contributed by atoms with Crippen LogP contribution in [0.15, 0.2) is 54.9 Å². The first-order valence-corrected chi connectivity index (χ1v) is 11.4. The third-order valence-electron chi connectivity index (χ3n) is 4.54. The van der Waals surface area contributed by atoms with Crippen molar-refractivity contribution in [2.75, 3.05) is 24.2 Å². The SMILES string of the molecule is Clc1ccc(Oc2ccc([C@@H]3CN[C@H](CNc4ncns4)CCS3)cc2)cc1. The van der Waals surface area contributed by atoms with Crippen LogP contribution in [0, 0.1) is 0 Å². The number of aromatic nitrogens is 2. The summed E-state index contributed by atoms with van der Waals surface area (Å²) in [5.74, 6) is 2.74. The van der Waals surface area contributed by atoms with E-state index >= 15 is 0 Å². The van der Waals surface area contributed by atoms with E-state index < -0.39 is 0 Å². The molecule has 2 heterocycles. The molecule has 2 atom stereocenters. The summed E-state index contributed by atoms with van der Waals surface area (Å²) in [6, 6.07) is 16.2. The lowest BCUT2D eigenvalue weighted by atomic mass is 10.1. The number of thioether (sulfide) groups is 1. The van der Waals surface area contributed by atoms with E-state index in [4.69, 9.17) is 16.3 Å². The van der Waals surface area contributed by atoms with Crippen LogP contribution in [0.1, 0.15) is 17.2 Å². The van der Waals surface area contributed by atoms with Crippen molar-refractivity contribution in [2.45, 2.75) is 17.7 Å². The molecule has 0 saturated carbocycles. The molecule has 1 fully saturated rings. The average molecular weight is 433 g/mol. The zero-order valence-corrected chi connectivity index (χ0v) is 17.6. The normalized spacial score (nSPS) is 19.8. The summed E-state index contributed by atoms with van der Waals surface area (Å²) < 4.78 is 9.91. The number of benzene rings is 2. The van der Waals surface area contributed by atoms with Crippen LogP contribution in [0.5, 0.6) is 11.5 Å². The number of nitrogens with one attached hydrogen (secondary N) is 2. The lowest BCUT2D eigenvalue weighted by Crippen LogP contribution is -2.36. The van der Waals surface area contributed by atoms with Crippen molar-refractivity contribution in [1.82, 2.24) is 14.7 Å². The fraction of sp³-hybridized carbons (Fsp3) is 0.300. The van der Waals surface area contributed by atoms with E-state index in [1.54, 1.807) is 6.33 Å². The molecule has 0 aliphatic carbocycles. The minimum atomic E-state index is 0.439. The first-order valence-electron chi connectivity index (χ1n) is 9.15. The van der Waals surface area contributed by atoms with Crippen LogP contribution in [0.3, 0.4) is 0 Å². The van der Waals surface area contributed by atoms with E-state index in [1.807, 2.05) is 48.2 Å². The molecule has 2 aromatic carbocycles. The topological polar surface area (TPSA) is 59.1 Å². The Bertz CT molecular complexity index is 859. The van der Waals surface area contributed by atoms with Gasteiger partial charge in [0.05, 0.1) is 0 Å². The molecule has 4 rings (SSSR count). The predicted molar refractivity (Wildman–Crippen MR) is 118 cm³/mol. The molecule has 146 valence electrons. The largest absolute Gasteiger partial charge is 0.457 e. The average Bonchev–Trinajstić information content (AvgIpc) is 3.13. The van der Waals surface area contributed by atoms with Gasteiger partial charge in [0.15, 0.2) is 0 Å². The summed E-state index contributed by atoms with van der Waals surface area (Å²) in [7, 11) is 0. The van der Waals surface area contributed by atoms with E-state index in [0.29, 0.717) is 16.3 Å². The highest BCUT2D eigenvalue weighted by atomic mass is 35.5. The zero-order chi connectivity index (χ0) is 19.2. The third-order valence-corrected chi connectivity index (χ3v) is 6.73. The van der Waals surface area contributed by atoms with Gasteiger partial charge in [-0.2, -0.15) is 16.1 Å². The van der Waals surface area contributed by atoms with Crippen LogP contribution in [0.4, 0.5) is 5.13 Å². The van der Waals surface area contributed by atoms with Crippen molar-refractivity contribution in [3.63, 3.8) is 0 Å². The highest BCUT2D eigenvalue weighted by Crippen LogP contribution is 2.33. The van der Waals surface area contributed by atoms with Crippen molar-refractivity contribution in [3.05, 3.63) is 65.4 Å². The summed E-state index contributed by atoms with van der Waals surface area (Å²) in [4.78, 5) is 4.17. The summed E-state index contributed by atoms with van der Waals surface area (Å²) in [6.45, 7) is 1.82. The fourth-order valence-electron chi connectivity index (χ4n) is 3.03. The molecule has 1 aliphatic rings. The highest BCUT2D eigenvalue weighted by molar-refractivity contribution is 7.99. The summed E-state index contributed by atoms with van der Waals surface area (Å²) in [5.41, 5.74) is 1.32. The Kier molecular flexibility index (Phi) is 6.69. The van der Waals surface area contributed by atoms with Crippen LogP contribution < -0.4 is 15.4 Å². The molecule has 5 nitrogen and oxygen atoms in total. The maximum Gasteiger partial charge on any atom is 0.202 e. The fourth-order valence-corrected chi connectivity index (χ4v) is 4.86. The van der Waals surface area contributed by atoms with Crippen molar-refractivity contribution in [3.8, 4) is 11.5 Å². The molecule has 2 N–H and O–H groups in total. The molecule has 0 spiro atoms. The maximum atomic E-state index is 5.92. The van der Waals surface area contributed by atoms with E-state index in [0.717, 1.165) is 41.9 Å². The highest BCUT2D eigenvalue weighted by Gasteiger charge is 2.20. The second-order valence-electron chi connectivity index (χ2n) is 6.51. The number of hydrogen-bond acceptors (Lipinski definition) is 7. The standard InChI is InChI=1S/C20H21ClN4OS2/c21-15-3-7-18(8-4-15)26-17-5-1-14(2-6-17)19-12-22-16(9-10-27-19)11-23-20-24-13-25-28-20/h1-8,13,16,19,22H,9-12H2,(H,23,24,25)/t16-,19-/m0/s1. The van der Waals surface area contributed by atoms with Crippen LogP contribution in [-0.2, 0) is 0 Å². The van der Waals surface area contributed by atoms with E-state index in [9.17, 15) is 0 Å². The number of nitrogens with zero attached hydrogens (tertiary/aromatic N) is 2. The van der Waals surface area contributed by atoms with Crippen LogP contribution in [0.2, 0.25) is 5.02 Å². The maximum absolute atomic E-state index is 5.92. The van der Waals surface area contributed by atoms with Crippen molar-refractivity contribution < 1.29 is 4.74 Å². The number of hydrogen-bond donors (Lipinski definition) is 2. The van der Waals surface area contributed by atoms with Gasteiger partial charge in [0.2, 0.25) is 5.13 Å². The van der Waals surface area contributed by atoms with Crippen LogP contribution in [0.25, 0.3) is 0 Å². The Balaban J connectivity index is 1.30. The number of rotatable bonds is 6. The second-order valence-corrected chi connectivity index (χ2v) is 9.03. The van der Waals surface area contributed by atoms with Gasteiger partial charge in [-0.25, -0.2) is 4.98 Å². The smallest absolute Gasteiger partial charge is 0.202 e. The molecule has 28 heavy (non-hydrogen) atoms. The van der Waals surface area contributed by atoms with Gasteiger partial charge >= 0.3 is 0 Å². The Morgan fingerprint density at radius 1 is 1.11 bits per heavy atom. The molecular weight excluding hydrogens is 412 g/mol. The molecule has 0 unspecified atom stereocenters. The molecule has 0 amide bonds. The lowest BCUT2D eigenvalue weighted by Gasteiger charge is -2.18. The number of ether oxygens (including phenoxy) is 1. The molecular formula is C20H21ClN4OS2. The van der Waals surface area contributed by atoms with Gasteiger partial charge < -0.3 is 15.4 Å². The first-order chi connectivity index (χ1) is 13.8. The van der Waals surface area contributed by atoms with Gasteiger partial charge in [-0.3, -0.25) is 0 Å². The minimum absolute atomic E-state index is 0.439. The van der Waals surface area contributed by atoms with Gasteiger partial charge in [0, 0.05) is 40.9 Å². The molecule has 3 aromatic rings. The quantitative estimate of drug-likeness (QED) is 0.556. The van der Waals surface area contributed by atoms with Gasteiger partial charge in [0.25, 0.3) is 0 Å². The molecule has 8 heteroatoms. The van der Waals surface area contributed by atoms with E-state index in [-0.39, 0.29) is 0 Å². The number of halogens is 1. The third kappa shape index (κ3) is 5.38. The van der Waals surface area contributed by atoms with Crippen LogP contribution >= 0.6 is 34.9 Å². The Labute approximate surface area is 178 Å². The Hall–Kier alpha value is -1.80. The summed E-state index contributed by atoms with van der Waals surface area (Å²) in [6.07, 6.45) is 2.71. The predicted octanol–water partition coefficient (Wildman–Crippen LogP) is 5.23. The molecule has 1 saturated heterocycles. The zero-order valence-electron chi connectivity index (χ0n) is 15.2. The van der Waals surface area contributed by atoms with E-state index in [2.05, 4.69) is 32.1 Å². The van der Waals surface area contributed by atoms with Gasteiger partial charge in [-0.1, -0.05) is 23.7 Å². The van der Waals surface area contributed by atoms with Crippen molar-refractivity contribution >= 4 is 40.0 Å². The van der Waals surface area contributed by atoms with Crippen molar-refractivity contribution in [2.24, 2.45) is 0 Å². The summed E-state index contributed by atoms with van der Waals surface area (Å²) >= 11 is 9.32. The Morgan fingerprint density at radius 3 is 2.57 bits per heavy atom. The van der Waals surface area contributed by atoms with E-state index in [1.165, 1.54) is 17.1 Å². The number of anilines is 1. The summed E-state index contributed by atoms with van der Waals surface area (Å²) in [5, 5.41) is 9.07. The van der Waals surface area contributed by atoms with Crippen LogP contribution in [-0.4, -0.2) is 34.2 Å². The molecule has 1 aromatic heterocycles. The van der Waals surface area contributed by atoms with Gasteiger partial charge in [0.1, 0.15) is 17.8 Å². The molecule has 0 radical (unpaired) electrons. The van der Waals surface area contributed by atoms with Gasteiger partial charge in [-0.15, -0.1) is 0 Å². The Morgan fingerprint density at radius 2 is 1.86 bits per heavy atom. The van der Waals surface area contributed by atoms with Gasteiger partial charge in [-0.05, 0) is 54.1 Å².